The molecule has 3 amide bonds. The molecule has 3 aromatic rings. The van der Waals surface area contributed by atoms with Gasteiger partial charge in [-0.25, -0.2) is 4.98 Å². The Balaban J connectivity index is 1.38. The number of carbonyl (C=O) groups is 3. The molecular weight excluding hydrogens is 494 g/mol. The smallest absolute Gasteiger partial charge is 0.257 e. The summed E-state index contributed by atoms with van der Waals surface area (Å²) < 4.78 is 1.97. The van der Waals surface area contributed by atoms with E-state index in [-0.39, 0.29) is 24.3 Å². The van der Waals surface area contributed by atoms with Crippen LogP contribution in [0.5, 0.6) is 0 Å². The third-order valence-electron chi connectivity index (χ3n) is 8.04. The summed E-state index contributed by atoms with van der Waals surface area (Å²) in [6, 6.07) is 12.6. The van der Waals surface area contributed by atoms with E-state index in [1.807, 2.05) is 27.7 Å². The maximum absolute atomic E-state index is 13.1. The van der Waals surface area contributed by atoms with Gasteiger partial charge in [0.15, 0.2) is 0 Å². The summed E-state index contributed by atoms with van der Waals surface area (Å²) in [6.45, 7) is 1.94. The molecule has 2 N–H and O–H groups in total. The second-order valence-corrected chi connectivity index (χ2v) is 10.7. The van der Waals surface area contributed by atoms with E-state index in [0.29, 0.717) is 48.9 Å². The van der Waals surface area contributed by atoms with Crippen molar-refractivity contribution in [1.29, 1.82) is 0 Å². The number of hydrogen-bond acceptors (Lipinski definition) is 5. The van der Waals surface area contributed by atoms with E-state index < -0.39 is 0 Å². The molecule has 1 aliphatic heterocycles. The zero-order valence-corrected chi connectivity index (χ0v) is 22.6. The molecule has 0 spiro atoms. The second-order valence-electron chi connectivity index (χ2n) is 10.7. The Morgan fingerprint density at radius 1 is 1.08 bits per heavy atom. The number of aliphatic hydroxyl groups is 1. The molecule has 1 saturated carbocycles. The normalized spacial score (nSPS) is 15.8. The Morgan fingerprint density at radius 2 is 1.85 bits per heavy atom. The van der Waals surface area contributed by atoms with E-state index in [4.69, 9.17) is 4.98 Å². The van der Waals surface area contributed by atoms with Gasteiger partial charge in [-0.2, -0.15) is 0 Å². The second kappa shape index (κ2) is 12.0. The molecule has 39 heavy (non-hydrogen) atoms. The lowest BCUT2D eigenvalue weighted by atomic mass is 10.0. The third-order valence-corrected chi connectivity index (χ3v) is 8.04. The Hall–Kier alpha value is -3.72. The van der Waals surface area contributed by atoms with Gasteiger partial charge < -0.3 is 19.5 Å². The van der Waals surface area contributed by atoms with Crippen LogP contribution >= 0.6 is 0 Å². The first-order chi connectivity index (χ1) is 18.9. The number of imidazole rings is 1. The minimum Gasteiger partial charge on any atom is -0.392 e. The zero-order valence-electron chi connectivity index (χ0n) is 22.6. The molecule has 2 fully saturated rings. The van der Waals surface area contributed by atoms with Crippen molar-refractivity contribution in [3.63, 3.8) is 0 Å². The quantitative estimate of drug-likeness (QED) is 0.405. The van der Waals surface area contributed by atoms with Crippen molar-refractivity contribution in [1.82, 2.24) is 14.5 Å². The van der Waals surface area contributed by atoms with E-state index in [1.165, 1.54) is 12.8 Å². The van der Waals surface area contributed by atoms with E-state index in [1.54, 1.807) is 36.2 Å². The van der Waals surface area contributed by atoms with Gasteiger partial charge in [0.25, 0.3) is 5.91 Å². The van der Waals surface area contributed by atoms with Gasteiger partial charge in [-0.15, -0.1) is 0 Å². The average Bonchev–Trinajstić information content (AvgIpc) is 3.69. The molecule has 206 valence electrons. The number of aromatic nitrogens is 2. The summed E-state index contributed by atoms with van der Waals surface area (Å²) >= 11 is 0. The van der Waals surface area contributed by atoms with E-state index in [0.717, 1.165) is 49.0 Å². The van der Waals surface area contributed by atoms with Crippen LogP contribution in [0.4, 0.5) is 11.6 Å². The van der Waals surface area contributed by atoms with Crippen LogP contribution in [0.25, 0.3) is 11.0 Å². The summed E-state index contributed by atoms with van der Waals surface area (Å²) in [7, 11) is 1.81. The topological polar surface area (TPSA) is 108 Å². The van der Waals surface area contributed by atoms with E-state index in [2.05, 4.69) is 5.32 Å². The molecule has 2 aromatic carbocycles. The fourth-order valence-electron chi connectivity index (χ4n) is 5.69. The molecule has 9 heteroatoms. The van der Waals surface area contributed by atoms with Gasteiger partial charge in [-0.3, -0.25) is 19.7 Å². The van der Waals surface area contributed by atoms with Crippen molar-refractivity contribution in [2.75, 3.05) is 30.4 Å². The predicted molar refractivity (Wildman–Crippen MR) is 150 cm³/mol. The average molecular weight is 532 g/mol. The molecule has 9 nitrogen and oxygen atoms in total. The number of likely N-dealkylation sites (tertiary alicyclic amines) is 1. The number of nitrogens with zero attached hydrogens (tertiary/aromatic N) is 4. The van der Waals surface area contributed by atoms with Crippen molar-refractivity contribution in [3.8, 4) is 0 Å². The standard InChI is InChI=1S/C30H37N5O4/c1-33(28(38)18-21-6-2-3-7-21)24-13-14-26-25(19-24)31-30(32-29(39)23-11-9-22(20-36)10-12-23)35(26)17-5-16-34-15-4-8-27(34)37/h9-14,19,21,36H,2-8,15-18,20H2,1H3,(H,31,32,39). The molecular formula is C30H37N5O4. The molecule has 0 atom stereocenters. The van der Waals surface area contributed by atoms with E-state index in [9.17, 15) is 19.5 Å². The van der Waals surface area contributed by atoms with Crippen molar-refractivity contribution in [3.05, 3.63) is 53.6 Å². The Bertz CT molecular complexity index is 1340. The van der Waals surface area contributed by atoms with Gasteiger partial charge in [-0.1, -0.05) is 25.0 Å². The van der Waals surface area contributed by atoms with Gasteiger partial charge in [0.1, 0.15) is 0 Å². The lowest BCUT2D eigenvalue weighted by Crippen LogP contribution is -2.27. The van der Waals surface area contributed by atoms with Gasteiger partial charge in [-0.05, 0) is 67.5 Å². The minimum atomic E-state index is -0.296. The van der Waals surface area contributed by atoms with Crippen LogP contribution in [0.3, 0.4) is 0 Å². The first-order valence-electron chi connectivity index (χ1n) is 14.0. The zero-order chi connectivity index (χ0) is 27.4. The minimum absolute atomic E-state index is 0.0862. The van der Waals surface area contributed by atoms with Gasteiger partial charge in [0.05, 0.1) is 17.6 Å². The highest BCUT2D eigenvalue weighted by Gasteiger charge is 2.23. The highest BCUT2D eigenvalue weighted by Crippen LogP contribution is 2.30. The molecule has 1 aliphatic carbocycles. The first kappa shape index (κ1) is 26.9. The number of aliphatic hydroxyl groups excluding tert-OH is 1. The van der Waals surface area contributed by atoms with Gasteiger partial charge >= 0.3 is 0 Å². The molecule has 1 aromatic heterocycles. The number of hydrogen-bond donors (Lipinski definition) is 2. The number of rotatable bonds is 10. The van der Waals surface area contributed by atoms with Crippen LogP contribution in [-0.4, -0.2) is 57.4 Å². The van der Waals surface area contributed by atoms with Crippen molar-refractivity contribution >= 4 is 40.4 Å². The predicted octanol–water partition coefficient (Wildman–Crippen LogP) is 4.34. The van der Waals surface area contributed by atoms with Crippen LogP contribution < -0.4 is 10.2 Å². The fraction of sp³-hybridized carbons (Fsp3) is 0.467. The van der Waals surface area contributed by atoms with Crippen molar-refractivity contribution in [2.24, 2.45) is 5.92 Å². The number of anilines is 2. The highest BCUT2D eigenvalue weighted by molar-refractivity contribution is 6.04. The Morgan fingerprint density at radius 3 is 2.54 bits per heavy atom. The number of carbonyl (C=O) groups excluding carboxylic acids is 3. The number of amides is 3. The summed E-state index contributed by atoms with van der Waals surface area (Å²) in [5, 5.41) is 12.3. The molecule has 1 saturated heterocycles. The van der Waals surface area contributed by atoms with Gasteiger partial charge in [0.2, 0.25) is 17.8 Å². The van der Waals surface area contributed by atoms with Crippen LogP contribution in [0.15, 0.2) is 42.5 Å². The number of benzene rings is 2. The monoisotopic (exact) mass is 531 g/mol. The summed E-state index contributed by atoms with van der Waals surface area (Å²) in [5.41, 5.74) is 3.52. The first-order valence-corrected chi connectivity index (χ1v) is 14.0. The maximum Gasteiger partial charge on any atom is 0.257 e. The van der Waals surface area contributed by atoms with Crippen LogP contribution in [-0.2, 0) is 22.7 Å². The number of fused-ring (bicyclic) bond motifs is 1. The van der Waals surface area contributed by atoms with Crippen LogP contribution in [0, 0.1) is 5.92 Å². The Labute approximate surface area is 228 Å². The largest absolute Gasteiger partial charge is 0.392 e. The van der Waals surface area contributed by atoms with Gasteiger partial charge in [0, 0.05) is 50.8 Å². The molecule has 2 heterocycles. The molecule has 0 bridgehead atoms. The summed E-state index contributed by atoms with van der Waals surface area (Å²) in [4.78, 5) is 46.4. The van der Waals surface area contributed by atoms with Crippen LogP contribution in [0.2, 0.25) is 0 Å². The SMILES string of the molecule is CN(C(=O)CC1CCCC1)c1ccc2c(c1)nc(NC(=O)c1ccc(CO)cc1)n2CCCN1CCCC1=O. The lowest BCUT2D eigenvalue weighted by Gasteiger charge is -2.19. The molecule has 0 unspecified atom stereocenters. The fourth-order valence-corrected chi connectivity index (χ4v) is 5.69. The maximum atomic E-state index is 13.1. The summed E-state index contributed by atoms with van der Waals surface area (Å²) in [6.07, 6.45) is 7.46. The molecule has 2 aliphatic rings. The highest BCUT2D eigenvalue weighted by atomic mass is 16.3. The van der Waals surface area contributed by atoms with Crippen molar-refractivity contribution in [2.45, 2.75) is 64.5 Å². The third kappa shape index (κ3) is 6.14. The number of nitrogens with one attached hydrogen (secondary N) is 1. The number of aryl methyl sites for hydroxylation is 1. The Kier molecular flexibility index (Phi) is 8.26. The summed E-state index contributed by atoms with van der Waals surface area (Å²) in [5.74, 6) is 0.899. The lowest BCUT2D eigenvalue weighted by molar-refractivity contribution is -0.127. The molecule has 0 radical (unpaired) electrons. The molecule has 5 rings (SSSR count). The van der Waals surface area contributed by atoms with Crippen molar-refractivity contribution < 1.29 is 19.5 Å². The van der Waals surface area contributed by atoms with E-state index >= 15 is 0 Å². The van der Waals surface area contributed by atoms with Crippen LogP contribution in [0.1, 0.15) is 67.3 Å².